The summed E-state index contributed by atoms with van der Waals surface area (Å²) in [5.41, 5.74) is -0.0498. The zero-order valence-electron chi connectivity index (χ0n) is 15.1. The first kappa shape index (κ1) is 18.7. The summed E-state index contributed by atoms with van der Waals surface area (Å²) in [7, 11) is 1.56. The van der Waals surface area contributed by atoms with Gasteiger partial charge in [-0.05, 0) is 70.0 Å². The third-order valence-corrected chi connectivity index (χ3v) is 4.80. The number of nitrogens with one attached hydrogen (secondary N) is 1. The summed E-state index contributed by atoms with van der Waals surface area (Å²) in [6.45, 7) is 8.02. The van der Waals surface area contributed by atoms with Gasteiger partial charge in [0.1, 0.15) is 11.4 Å². The SMILES string of the molecule is CC[C@](C)(OC)C(=O)Nc1ccc(OCCCN2CCCC2)cc1. The van der Waals surface area contributed by atoms with Crippen LogP contribution in [0.25, 0.3) is 0 Å². The lowest BCUT2D eigenvalue weighted by Crippen LogP contribution is -2.41. The molecule has 5 heteroatoms. The highest BCUT2D eigenvalue weighted by Crippen LogP contribution is 2.20. The predicted molar refractivity (Wildman–Crippen MR) is 96.6 cm³/mol. The number of anilines is 1. The van der Waals surface area contributed by atoms with Crippen LogP contribution in [-0.4, -0.2) is 49.8 Å². The van der Waals surface area contributed by atoms with Gasteiger partial charge in [0.2, 0.25) is 0 Å². The van der Waals surface area contributed by atoms with Crippen LogP contribution in [0.15, 0.2) is 24.3 Å². The van der Waals surface area contributed by atoms with Gasteiger partial charge in [0, 0.05) is 19.3 Å². The van der Waals surface area contributed by atoms with Crippen LogP contribution in [0, 0.1) is 0 Å². The van der Waals surface area contributed by atoms with Crippen molar-refractivity contribution in [3.05, 3.63) is 24.3 Å². The number of likely N-dealkylation sites (tertiary alicyclic amines) is 1. The molecule has 1 aromatic rings. The fourth-order valence-corrected chi connectivity index (χ4v) is 2.78. The molecule has 24 heavy (non-hydrogen) atoms. The van der Waals surface area contributed by atoms with Gasteiger partial charge in [-0.2, -0.15) is 0 Å². The third kappa shape index (κ3) is 5.21. The van der Waals surface area contributed by atoms with Crippen LogP contribution < -0.4 is 10.1 Å². The van der Waals surface area contributed by atoms with Gasteiger partial charge in [0.05, 0.1) is 6.61 Å². The lowest BCUT2D eigenvalue weighted by Gasteiger charge is -2.25. The Kier molecular flexibility index (Phi) is 7.06. The number of hydrogen-bond donors (Lipinski definition) is 1. The quantitative estimate of drug-likeness (QED) is 0.704. The van der Waals surface area contributed by atoms with E-state index in [1.165, 1.54) is 25.9 Å². The fraction of sp³-hybridized carbons (Fsp3) is 0.632. The maximum Gasteiger partial charge on any atom is 0.256 e. The number of methoxy groups -OCH3 is 1. The topological polar surface area (TPSA) is 50.8 Å². The van der Waals surface area contributed by atoms with E-state index in [0.717, 1.165) is 31.0 Å². The van der Waals surface area contributed by atoms with Crippen LogP contribution in [0.3, 0.4) is 0 Å². The first-order chi connectivity index (χ1) is 11.6. The highest BCUT2D eigenvalue weighted by Gasteiger charge is 2.30. The van der Waals surface area contributed by atoms with Crippen LogP contribution in [0.5, 0.6) is 5.75 Å². The Morgan fingerprint density at radius 2 is 1.92 bits per heavy atom. The zero-order chi connectivity index (χ0) is 17.4. The maximum absolute atomic E-state index is 12.2. The van der Waals surface area contributed by atoms with E-state index in [1.54, 1.807) is 14.0 Å². The summed E-state index contributed by atoms with van der Waals surface area (Å²) in [5, 5.41) is 2.89. The van der Waals surface area contributed by atoms with Gasteiger partial charge in [0.25, 0.3) is 5.91 Å². The fourth-order valence-electron chi connectivity index (χ4n) is 2.78. The summed E-state index contributed by atoms with van der Waals surface area (Å²) in [4.78, 5) is 14.7. The molecular weight excluding hydrogens is 304 g/mol. The minimum atomic E-state index is -0.801. The molecule has 1 fully saturated rings. The average Bonchev–Trinajstić information content (AvgIpc) is 3.12. The van der Waals surface area contributed by atoms with Crippen LogP contribution in [0.1, 0.15) is 39.5 Å². The number of rotatable bonds is 9. The molecule has 5 nitrogen and oxygen atoms in total. The molecular formula is C19H30N2O3. The van der Waals surface area contributed by atoms with E-state index >= 15 is 0 Å². The molecule has 1 saturated heterocycles. The van der Waals surface area contributed by atoms with E-state index in [2.05, 4.69) is 10.2 Å². The Morgan fingerprint density at radius 3 is 2.50 bits per heavy atom. The van der Waals surface area contributed by atoms with Crippen molar-refractivity contribution < 1.29 is 14.3 Å². The Morgan fingerprint density at radius 1 is 1.25 bits per heavy atom. The molecule has 1 amide bonds. The van der Waals surface area contributed by atoms with Gasteiger partial charge in [-0.25, -0.2) is 0 Å². The Labute approximate surface area is 145 Å². The molecule has 0 radical (unpaired) electrons. The molecule has 0 aromatic heterocycles. The molecule has 0 saturated carbocycles. The summed E-state index contributed by atoms with van der Waals surface area (Å²) in [6.07, 6.45) is 4.32. The van der Waals surface area contributed by atoms with Gasteiger partial charge in [-0.3, -0.25) is 4.79 Å². The van der Waals surface area contributed by atoms with Crippen molar-refractivity contribution in [2.24, 2.45) is 0 Å². The molecule has 0 aliphatic carbocycles. The number of hydrogen-bond acceptors (Lipinski definition) is 4. The molecule has 0 bridgehead atoms. The number of ether oxygens (including phenoxy) is 2. The summed E-state index contributed by atoms with van der Waals surface area (Å²) in [6, 6.07) is 7.50. The normalized spacial score (nSPS) is 17.5. The number of amides is 1. The molecule has 1 N–H and O–H groups in total. The number of nitrogens with zero attached hydrogens (tertiary/aromatic N) is 1. The number of carbonyl (C=O) groups excluding carboxylic acids is 1. The van der Waals surface area contributed by atoms with Crippen LogP contribution in [-0.2, 0) is 9.53 Å². The van der Waals surface area contributed by atoms with E-state index in [9.17, 15) is 4.79 Å². The monoisotopic (exact) mass is 334 g/mol. The largest absolute Gasteiger partial charge is 0.494 e. The standard InChI is InChI=1S/C19H30N2O3/c1-4-19(2,23-3)18(22)20-16-8-10-17(11-9-16)24-15-7-14-21-12-5-6-13-21/h8-11H,4-7,12-15H2,1-3H3,(H,20,22)/t19-/m0/s1. The Hall–Kier alpha value is -1.59. The molecule has 0 spiro atoms. The van der Waals surface area contributed by atoms with Crippen molar-refractivity contribution in [3.63, 3.8) is 0 Å². The van der Waals surface area contributed by atoms with E-state index in [1.807, 2.05) is 31.2 Å². The van der Waals surface area contributed by atoms with E-state index < -0.39 is 5.60 Å². The van der Waals surface area contributed by atoms with Gasteiger partial charge in [-0.1, -0.05) is 6.92 Å². The lowest BCUT2D eigenvalue weighted by molar-refractivity contribution is -0.136. The Bertz CT molecular complexity index is 506. The molecule has 0 unspecified atom stereocenters. The second kappa shape index (κ2) is 9.04. The maximum atomic E-state index is 12.2. The van der Waals surface area contributed by atoms with Gasteiger partial charge >= 0.3 is 0 Å². The van der Waals surface area contributed by atoms with Gasteiger partial charge in [-0.15, -0.1) is 0 Å². The predicted octanol–water partition coefficient (Wildman–Crippen LogP) is 3.30. The van der Waals surface area contributed by atoms with Crippen LogP contribution >= 0.6 is 0 Å². The van der Waals surface area contributed by atoms with E-state index in [4.69, 9.17) is 9.47 Å². The van der Waals surface area contributed by atoms with Crippen molar-refractivity contribution in [1.29, 1.82) is 0 Å². The first-order valence-electron chi connectivity index (χ1n) is 8.89. The summed E-state index contributed by atoms with van der Waals surface area (Å²) >= 11 is 0. The van der Waals surface area contributed by atoms with Crippen molar-refractivity contribution in [2.45, 2.75) is 45.1 Å². The minimum absolute atomic E-state index is 0.133. The van der Waals surface area contributed by atoms with Gasteiger partial charge in [0.15, 0.2) is 0 Å². The first-order valence-corrected chi connectivity index (χ1v) is 8.89. The molecule has 1 atom stereocenters. The van der Waals surface area contributed by atoms with Crippen molar-refractivity contribution in [2.75, 3.05) is 38.7 Å². The summed E-state index contributed by atoms with van der Waals surface area (Å²) in [5.74, 6) is 0.700. The van der Waals surface area contributed by atoms with E-state index in [-0.39, 0.29) is 5.91 Å². The highest BCUT2D eigenvalue weighted by atomic mass is 16.5. The lowest BCUT2D eigenvalue weighted by atomic mass is 10.0. The zero-order valence-corrected chi connectivity index (χ0v) is 15.1. The highest BCUT2D eigenvalue weighted by molar-refractivity contribution is 5.97. The van der Waals surface area contributed by atoms with E-state index in [0.29, 0.717) is 6.42 Å². The van der Waals surface area contributed by atoms with Crippen LogP contribution in [0.4, 0.5) is 5.69 Å². The molecule has 1 heterocycles. The van der Waals surface area contributed by atoms with Crippen LogP contribution in [0.2, 0.25) is 0 Å². The summed E-state index contributed by atoms with van der Waals surface area (Å²) < 4.78 is 11.1. The van der Waals surface area contributed by atoms with Gasteiger partial charge < -0.3 is 19.7 Å². The molecule has 2 rings (SSSR count). The second-order valence-electron chi connectivity index (χ2n) is 6.52. The third-order valence-electron chi connectivity index (χ3n) is 4.80. The van der Waals surface area contributed by atoms with Crippen molar-refractivity contribution >= 4 is 11.6 Å². The smallest absolute Gasteiger partial charge is 0.256 e. The minimum Gasteiger partial charge on any atom is -0.494 e. The molecule has 1 aliphatic heterocycles. The Balaban J connectivity index is 1.74. The van der Waals surface area contributed by atoms with Crippen molar-refractivity contribution in [1.82, 2.24) is 4.90 Å². The molecule has 134 valence electrons. The van der Waals surface area contributed by atoms with Crippen molar-refractivity contribution in [3.8, 4) is 5.75 Å². The second-order valence-corrected chi connectivity index (χ2v) is 6.52. The molecule has 1 aliphatic rings. The molecule has 1 aromatic carbocycles. The number of carbonyl (C=O) groups is 1. The average molecular weight is 334 g/mol. The number of benzene rings is 1.